The van der Waals surface area contributed by atoms with Crippen LogP contribution in [0.4, 0.5) is 0 Å². The van der Waals surface area contributed by atoms with Crippen molar-refractivity contribution in [3.05, 3.63) is 11.6 Å². The number of nitrogens with two attached hydrogens (primary N) is 1. The van der Waals surface area contributed by atoms with E-state index in [-0.39, 0.29) is 24.1 Å². The first kappa shape index (κ1) is 15.7. The number of carbonyl (C=O) groups is 2. The first-order valence-corrected chi connectivity index (χ1v) is 6.58. The molecule has 4 N–H and O–H groups in total. The molecular formula is C13H22N2O4. The molecular weight excluding hydrogens is 248 g/mol. The first-order chi connectivity index (χ1) is 9.03. The smallest absolute Gasteiger partial charge is 0.331 e. The van der Waals surface area contributed by atoms with Gasteiger partial charge in [-0.2, -0.15) is 0 Å². The normalized spacial score (nSPS) is 26.9. The number of carboxylic acid groups (broad SMARTS) is 1. The van der Waals surface area contributed by atoms with E-state index < -0.39 is 18.1 Å². The van der Waals surface area contributed by atoms with Crippen molar-refractivity contribution in [3.8, 4) is 0 Å². The highest BCUT2D eigenvalue weighted by molar-refractivity contribution is 5.87. The summed E-state index contributed by atoms with van der Waals surface area (Å²) < 4.78 is 5.86. The number of hydrogen-bond acceptors (Lipinski definition) is 4. The Morgan fingerprint density at radius 2 is 2.26 bits per heavy atom. The van der Waals surface area contributed by atoms with Crippen LogP contribution in [-0.2, 0) is 14.3 Å². The van der Waals surface area contributed by atoms with Crippen molar-refractivity contribution in [3.63, 3.8) is 0 Å². The average molecular weight is 270 g/mol. The second-order valence-electron chi connectivity index (χ2n) is 4.71. The average Bonchev–Trinajstić information content (AvgIpc) is 2.38. The van der Waals surface area contributed by atoms with Crippen LogP contribution in [0.3, 0.4) is 0 Å². The molecule has 0 radical (unpaired) electrons. The fraction of sp³-hybridized carbons (Fsp3) is 0.692. The minimum atomic E-state index is -0.988. The zero-order valence-corrected chi connectivity index (χ0v) is 11.3. The van der Waals surface area contributed by atoms with Gasteiger partial charge in [0.05, 0.1) is 18.2 Å². The van der Waals surface area contributed by atoms with Crippen molar-refractivity contribution in [1.82, 2.24) is 5.32 Å². The molecule has 0 aliphatic heterocycles. The van der Waals surface area contributed by atoms with Crippen LogP contribution >= 0.6 is 0 Å². The maximum Gasteiger partial charge on any atom is 0.331 e. The lowest BCUT2D eigenvalue weighted by Gasteiger charge is -2.35. The Balaban J connectivity index is 2.92. The molecule has 1 amide bonds. The third kappa shape index (κ3) is 4.04. The lowest BCUT2D eigenvalue weighted by molar-refractivity contribution is -0.133. The maximum absolute atomic E-state index is 11.1. The third-order valence-electron chi connectivity index (χ3n) is 3.43. The Hall–Kier alpha value is -1.40. The van der Waals surface area contributed by atoms with Gasteiger partial charge in [0.2, 0.25) is 6.41 Å². The van der Waals surface area contributed by atoms with Gasteiger partial charge in [-0.15, -0.1) is 0 Å². The van der Waals surface area contributed by atoms with E-state index in [1.807, 2.05) is 13.8 Å². The third-order valence-corrected chi connectivity index (χ3v) is 3.43. The SMILES string of the molecule is CCC(CC)OC1C=C(C(=O)O)CC(N)C1NC=O. The number of carbonyl (C=O) groups excluding carboxylic acids is 1. The molecule has 3 atom stereocenters. The number of rotatable bonds is 7. The minimum Gasteiger partial charge on any atom is -0.478 e. The summed E-state index contributed by atoms with van der Waals surface area (Å²) in [6, 6.07) is -0.845. The summed E-state index contributed by atoms with van der Waals surface area (Å²) in [5.41, 5.74) is 6.18. The maximum atomic E-state index is 11.1. The number of nitrogens with one attached hydrogen (secondary N) is 1. The topological polar surface area (TPSA) is 102 Å². The molecule has 0 saturated heterocycles. The van der Waals surface area contributed by atoms with Gasteiger partial charge in [-0.05, 0) is 25.3 Å². The van der Waals surface area contributed by atoms with Crippen molar-refractivity contribution >= 4 is 12.4 Å². The summed E-state index contributed by atoms with van der Waals surface area (Å²) in [5, 5.41) is 11.7. The molecule has 0 saturated carbocycles. The molecule has 108 valence electrons. The van der Waals surface area contributed by atoms with Crippen LogP contribution in [0.2, 0.25) is 0 Å². The molecule has 0 aromatic heterocycles. The van der Waals surface area contributed by atoms with Crippen molar-refractivity contribution in [2.45, 2.75) is 57.4 Å². The Morgan fingerprint density at radius 3 is 2.74 bits per heavy atom. The molecule has 6 nitrogen and oxygen atoms in total. The van der Waals surface area contributed by atoms with Crippen molar-refractivity contribution in [2.75, 3.05) is 0 Å². The Bertz CT molecular complexity index is 353. The second-order valence-corrected chi connectivity index (χ2v) is 4.71. The predicted octanol–water partition coefficient (Wildman–Crippen LogP) is 0.417. The number of hydrogen-bond donors (Lipinski definition) is 3. The molecule has 0 spiro atoms. The molecule has 3 unspecified atom stereocenters. The highest BCUT2D eigenvalue weighted by Crippen LogP contribution is 2.22. The summed E-state index contributed by atoms with van der Waals surface area (Å²) >= 11 is 0. The molecule has 0 heterocycles. The summed E-state index contributed by atoms with van der Waals surface area (Å²) in [5.74, 6) is -0.988. The summed E-state index contributed by atoms with van der Waals surface area (Å²) in [7, 11) is 0. The van der Waals surface area contributed by atoms with Crippen molar-refractivity contribution in [1.29, 1.82) is 0 Å². The van der Waals surface area contributed by atoms with E-state index in [2.05, 4.69) is 5.32 Å². The number of aliphatic carboxylic acids is 1. The fourth-order valence-electron chi connectivity index (χ4n) is 2.28. The highest BCUT2D eigenvalue weighted by atomic mass is 16.5. The van der Waals surface area contributed by atoms with Gasteiger partial charge in [0.15, 0.2) is 0 Å². The van der Waals surface area contributed by atoms with Gasteiger partial charge in [0, 0.05) is 11.6 Å². The monoisotopic (exact) mass is 270 g/mol. The van der Waals surface area contributed by atoms with Crippen molar-refractivity contribution < 1.29 is 19.4 Å². The van der Waals surface area contributed by atoms with Gasteiger partial charge in [-0.1, -0.05) is 13.8 Å². The molecule has 0 aromatic rings. The summed E-state index contributed by atoms with van der Waals surface area (Å²) in [6.07, 6.45) is 3.54. The number of carboxylic acids is 1. The predicted molar refractivity (Wildman–Crippen MR) is 70.5 cm³/mol. The van der Waals surface area contributed by atoms with E-state index in [9.17, 15) is 9.59 Å². The van der Waals surface area contributed by atoms with Crippen LogP contribution in [0, 0.1) is 0 Å². The quantitative estimate of drug-likeness (QED) is 0.582. The summed E-state index contributed by atoms with van der Waals surface area (Å²) in [6.45, 7) is 4.00. The molecule has 1 rings (SSSR count). The molecule has 19 heavy (non-hydrogen) atoms. The molecule has 0 fully saturated rings. The molecule has 0 bridgehead atoms. The largest absolute Gasteiger partial charge is 0.478 e. The van der Waals surface area contributed by atoms with Crippen LogP contribution in [-0.4, -0.2) is 41.8 Å². The van der Waals surface area contributed by atoms with Gasteiger partial charge in [0.25, 0.3) is 0 Å². The molecule has 0 aromatic carbocycles. The molecule has 6 heteroatoms. The second kappa shape index (κ2) is 7.25. The van der Waals surface area contributed by atoms with Gasteiger partial charge in [-0.3, -0.25) is 4.79 Å². The zero-order valence-electron chi connectivity index (χ0n) is 11.3. The highest BCUT2D eigenvalue weighted by Gasteiger charge is 2.34. The van der Waals surface area contributed by atoms with Crippen LogP contribution in [0.1, 0.15) is 33.1 Å². The molecule has 1 aliphatic carbocycles. The summed E-state index contributed by atoms with van der Waals surface area (Å²) in [4.78, 5) is 21.7. The Kier molecular flexibility index (Phi) is 5.98. The standard InChI is InChI=1S/C13H22N2O4/c1-3-9(4-2)19-11-6-8(13(17)18)5-10(14)12(11)15-7-16/h6-7,9-12H,3-5,14H2,1-2H3,(H,15,16)(H,17,18). The van der Waals surface area contributed by atoms with Gasteiger partial charge in [-0.25, -0.2) is 4.79 Å². The Morgan fingerprint density at radius 1 is 1.63 bits per heavy atom. The fourth-order valence-corrected chi connectivity index (χ4v) is 2.28. The van der Waals surface area contributed by atoms with Crippen LogP contribution in [0.15, 0.2) is 11.6 Å². The van der Waals surface area contributed by atoms with Crippen LogP contribution in [0.25, 0.3) is 0 Å². The minimum absolute atomic E-state index is 0.0255. The van der Waals surface area contributed by atoms with E-state index in [0.29, 0.717) is 6.41 Å². The van der Waals surface area contributed by atoms with Gasteiger partial charge >= 0.3 is 5.97 Å². The first-order valence-electron chi connectivity index (χ1n) is 6.58. The number of ether oxygens (including phenoxy) is 1. The van der Waals surface area contributed by atoms with Crippen molar-refractivity contribution in [2.24, 2.45) is 5.73 Å². The van der Waals surface area contributed by atoms with E-state index in [4.69, 9.17) is 15.6 Å². The van der Waals surface area contributed by atoms with E-state index in [0.717, 1.165) is 12.8 Å². The van der Waals surface area contributed by atoms with Gasteiger partial charge < -0.3 is 20.9 Å². The lowest BCUT2D eigenvalue weighted by Crippen LogP contribution is -2.55. The Labute approximate surface area is 113 Å². The van der Waals surface area contributed by atoms with E-state index >= 15 is 0 Å². The van der Waals surface area contributed by atoms with Crippen LogP contribution < -0.4 is 11.1 Å². The van der Waals surface area contributed by atoms with E-state index in [1.54, 1.807) is 6.08 Å². The lowest BCUT2D eigenvalue weighted by atomic mass is 9.88. The molecule has 1 aliphatic rings. The van der Waals surface area contributed by atoms with Crippen LogP contribution in [0.5, 0.6) is 0 Å². The zero-order chi connectivity index (χ0) is 14.4. The van der Waals surface area contributed by atoms with E-state index in [1.165, 1.54) is 0 Å². The van der Waals surface area contributed by atoms with Gasteiger partial charge in [0.1, 0.15) is 0 Å². The number of amides is 1.